The molecule has 0 bridgehead atoms. The van der Waals surface area contributed by atoms with Crippen LogP contribution in [0.2, 0.25) is 0 Å². The normalized spacial score (nSPS) is 11.1. The van der Waals surface area contributed by atoms with Crippen molar-refractivity contribution in [3.05, 3.63) is 148 Å². The molecular formula is C32H34FeN9O7. The summed E-state index contributed by atoms with van der Waals surface area (Å²) in [6.45, 7) is 0. The SMILES string of the molecule is COC(c1ccccc1[O-])(c1nccn1C)c1nccn1C.COC(c1ccccc1[O-])(c1nccn1C)c1nccn1C.O=[N+]([O-])[O-].[Fe+3]. The molecule has 17 heteroatoms. The third kappa shape index (κ3) is 7.19. The third-order valence-corrected chi connectivity index (χ3v) is 7.69. The van der Waals surface area contributed by atoms with Crippen molar-refractivity contribution in [2.24, 2.45) is 28.2 Å². The summed E-state index contributed by atoms with van der Waals surface area (Å²) in [5.41, 5.74) is -1.34. The Morgan fingerprint density at radius 2 is 0.816 bits per heavy atom. The second kappa shape index (κ2) is 16.1. The molecule has 49 heavy (non-hydrogen) atoms. The largest absolute Gasteiger partial charge is 3.00 e. The smallest absolute Gasteiger partial charge is 0.872 e. The summed E-state index contributed by atoms with van der Waals surface area (Å²) in [5.74, 6) is 2.19. The van der Waals surface area contributed by atoms with Gasteiger partial charge in [0.25, 0.3) is 0 Å². The van der Waals surface area contributed by atoms with Crippen LogP contribution in [0.15, 0.2) is 98.1 Å². The second-order valence-corrected chi connectivity index (χ2v) is 10.4. The van der Waals surface area contributed by atoms with E-state index in [9.17, 15) is 10.2 Å². The standard InChI is InChI=1S/2C16H18N4O2.Fe.NO3/c2*1-19-10-8-17-14(19)16(22-3,15-18-9-11-20(15)2)12-6-4-5-7-13(12)21;;2-1(3)4/h2*4-11,21H,1-3H3;;/q;;+3;-1/p-2. The van der Waals surface area contributed by atoms with Crippen LogP contribution < -0.4 is 10.2 Å². The molecule has 6 rings (SSSR count). The number of rotatable bonds is 8. The predicted octanol–water partition coefficient (Wildman–Crippen LogP) is 2.09. The first-order valence-electron chi connectivity index (χ1n) is 14.3. The molecule has 4 aromatic heterocycles. The molecule has 1 radical (unpaired) electrons. The number of hydrogen-bond acceptors (Lipinski definition) is 11. The van der Waals surface area contributed by atoms with Gasteiger partial charge in [0.2, 0.25) is 11.2 Å². The Morgan fingerprint density at radius 1 is 0.571 bits per heavy atom. The average molecular weight is 713 g/mol. The first kappa shape index (κ1) is 38.0. The van der Waals surface area contributed by atoms with Gasteiger partial charge in [-0.05, 0) is 11.1 Å². The van der Waals surface area contributed by atoms with Crippen molar-refractivity contribution in [1.82, 2.24) is 38.2 Å². The molecule has 0 aliphatic carbocycles. The van der Waals surface area contributed by atoms with E-state index in [0.29, 0.717) is 34.4 Å². The fourth-order valence-corrected chi connectivity index (χ4v) is 5.60. The van der Waals surface area contributed by atoms with Crippen LogP contribution in [-0.4, -0.2) is 57.5 Å². The summed E-state index contributed by atoms with van der Waals surface area (Å²) in [4.78, 5) is 25.9. The van der Waals surface area contributed by atoms with Gasteiger partial charge in [0.1, 0.15) is 0 Å². The Balaban J connectivity index is 0.000000235. The Labute approximate surface area is 292 Å². The Hall–Kier alpha value is -5.48. The number of para-hydroxylation sites is 2. The molecule has 0 fully saturated rings. The Kier molecular flexibility index (Phi) is 12.5. The number of aromatic nitrogens is 8. The molecule has 0 spiro atoms. The Morgan fingerprint density at radius 3 is 1.00 bits per heavy atom. The summed E-state index contributed by atoms with van der Waals surface area (Å²) in [6.07, 6.45) is 14.0. The fourth-order valence-electron chi connectivity index (χ4n) is 5.60. The Bertz CT molecular complexity index is 1750. The zero-order chi connectivity index (χ0) is 35.1. The van der Waals surface area contributed by atoms with Gasteiger partial charge in [-0.2, -0.15) is 0 Å². The molecule has 0 saturated heterocycles. The minimum atomic E-state index is -1.75. The van der Waals surface area contributed by atoms with Crippen molar-refractivity contribution >= 4 is 0 Å². The molecule has 0 atom stereocenters. The minimum Gasteiger partial charge on any atom is -0.872 e. The van der Waals surface area contributed by atoms with Gasteiger partial charge in [0.15, 0.2) is 23.3 Å². The molecule has 0 N–H and O–H groups in total. The maximum Gasteiger partial charge on any atom is 3.00 e. The van der Waals surface area contributed by atoms with E-state index in [1.165, 1.54) is 12.1 Å². The van der Waals surface area contributed by atoms with Crippen LogP contribution in [0.4, 0.5) is 0 Å². The molecule has 0 saturated carbocycles. The van der Waals surface area contributed by atoms with Crippen LogP contribution in [0.25, 0.3) is 0 Å². The second-order valence-electron chi connectivity index (χ2n) is 10.4. The van der Waals surface area contributed by atoms with E-state index in [0.717, 1.165) is 0 Å². The number of imidazole rings is 4. The summed E-state index contributed by atoms with van der Waals surface area (Å²) in [6, 6.07) is 13.6. The van der Waals surface area contributed by atoms with E-state index in [1.807, 2.05) is 83.4 Å². The molecule has 2 aromatic carbocycles. The zero-order valence-corrected chi connectivity index (χ0v) is 28.6. The number of hydrogen-bond donors (Lipinski definition) is 0. The van der Waals surface area contributed by atoms with Crippen LogP contribution in [0.1, 0.15) is 34.4 Å². The summed E-state index contributed by atoms with van der Waals surface area (Å²) < 4.78 is 19.1. The van der Waals surface area contributed by atoms with Crippen LogP contribution in [-0.2, 0) is 65.9 Å². The van der Waals surface area contributed by atoms with E-state index < -0.39 is 16.3 Å². The van der Waals surface area contributed by atoms with Crippen molar-refractivity contribution in [2.75, 3.05) is 14.2 Å². The molecule has 257 valence electrons. The van der Waals surface area contributed by atoms with Crippen molar-refractivity contribution in [2.45, 2.75) is 11.2 Å². The quantitative estimate of drug-likeness (QED) is 0.127. The van der Waals surface area contributed by atoms with Gasteiger partial charge in [-0.3, -0.25) is 0 Å². The van der Waals surface area contributed by atoms with Crippen LogP contribution in [0, 0.1) is 15.3 Å². The molecular weight excluding hydrogens is 678 g/mol. The van der Waals surface area contributed by atoms with Crippen LogP contribution in [0.5, 0.6) is 11.5 Å². The minimum absolute atomic E-state index is 0. The van der Waals surface area contributed by atoms with E-state index in [2.05, 4.69) is 19.9 Å². The van der Waals surface area contributed by atoms with E-state index in [1.54, 1.807) is 63.3 Å². The van der Waals surface area contributed by atoms with Crippen molar-refractivity contribution in [1.29, 1.82) is 0 Å². The first-order chi connectivity index (χ1) is 22.9. The van der Waals surface area contributed by atoms with E-state index >= 15 is 0 Å². The van der Waals surface area contributed by atoms with Gasteiger partial charge in [-0.25, -0.2) is 19.9 Å². The molecule has 0 amide bonds. The number of nitrogens with zero attached hydrogens (tertiary/aromatic N) is 9. The average Bonchev–Trinajstić information content (AvgIpc) is 3.88. The molecule has 6 aromatic rings. The van der Waals surface area contributed by atoms with Gasteiger partial charge in [0, 0.05) is 92.0 Å². The van der Waals surface area contributed by atoms with Crippen LogP contribution in [0.3, 0.4) is 0 Å². The monoisotopic (exact) mass is 712 g/mol. The van der Waals surface area contributed by atoms with Gasteiger partial charge >= 0.3 is 17.1 Å². The number of methoxy groups -OCH3 is 2. The van der Waals surface area contributed by atoms with E-state index in [4.69, 9.17) is 24.8 Å². The predicted molar refractivity (Wildman–Crippen MR) is 169 cm³/mol. The van der Waals surface area contributed by atoms with Crippen molar-refractivity contribution < 1.29 is 41.8 Å². The maximum absolute atomic E-state index is 12.5. The topological polar surface area (TPSA) is 202 Å². The van der Waals surface area contributed by atoms with E-state index in [-0.39, 0.29) is 28.6 Å². The van der Waals surface area contributed by atoms with Gasteiger partial charge in [0.05, 0.1) is 5.09 Å². The fraction of sp³-hybridized carbons (Fsp3) is 0.250. The number of aryl methyl sites for hydroxylation is 4. The van der Waals surface area contributed by atoms with Crippen LogP contribution >= 0.6 is 0 Å². The molecule has 0 unspecified atom stereocenters. The maximum atomic E-state index is 12.5. The molecule has 16 nitrogen and oxygen atoms in total. The number of benzene rings is 2. The summed E-state index contributed by atoms with van der Waals surface area (Å²) in [5, 5.41) is 39.7. The van der Waals surface area contributed by atoms with Gasteiger partial charge in [-0.1, -0.05) is 48.5 Å². The van der Waals surface area contributed by atoms with Gasteiger partial charge in [-0.15, -0.1) is 11.5 Å². The number of ether oxygens (including phenoxy) is 2. The van der Waals surface area contributed by atoms with Crippen molar-refractivity contribution in [3.8, 4) is 11.5 Å². The van der Waals surface area contributed by atoms with Gasteiger partial charge < -0.3 is 53.3 Å². The third-order valence-electron chi connectivity index (χ3n) is 7.69. The molecule has 0 aliphatic rings. The zero-order valence-electron chi connectivity index (χ0n) is 27.5. The summed E-state index contributed by atoms with van der Waals surface area (Å²) in [7, 11) is 10.6. The first-order valence-corrected chi connectivity index (χ1v) is 14.3. The summed E-state index contributed by atoms with van der Waals surface area (Å²) >= 11 is 0. The van der Waals surface area contributed by atoms with Crippen molar-refractivity contribution in [3.63, 3.8) is 0 Å². The molecule has 4 heterocycles. The molecule has 0 aliphatic heterocycles.